The number of nitrogens with one attached hydrogen (secondary N) is 1. The molecule has 0 aromatic heterocycles. The Bertz CT molecular complexity index is 299. The van der Waals surface area contributed by atoms with E-state index in [-0.39, 0.29) is 0 Å². The van der Waals surface area contributed by atoms with E-state index in [0.717, 1.165) is 5.69 Å². The molecule has 1 aromatic rings. The fraction of sp³-hybridized carbons (Fsp3) is 0.222. The average molecular weight is 180 g/mol. The zero-order valence-corrected chi connectivity index (χ0v) is 7.41. The smallest absolute Gasteiger partial charge is 0.248 e. The van der Waals surface area contributed by atoms with Crippen LogP contribution in [0.3, 0.4) is 0 Å². The first-order chi connectivity index (χ1) is 6.24. The molecule has 0 bridgehead atoms. The highest BCUT2D eigenvalue weighted by atomic mass is 16.5. The molecule has 1 amide bonds. The third-order valence-corrected chi connectivity index (χ3v) is 1.57. The van der Waals surface area contributed by atoms with Crippen LogP contribution in [0.2, 0.25) is 0 Å². The van der Waals surface area contributed by atoms with E-state index in [1.807, 2.05) is 6.07 Å². The Kier molecular flexibility index (Phi) is 3.28. The molecule has 1 rings (SSSR count). The Morgan fingerprint density at radius 1 is 1.62 bits per heavy atom. The number of amides is 1. The van der Waals surface area contributed by atoms with E-state index < -0.39 is 5.91 Å². The fourth-order valence-corrected chi connectivity index (χ4v) is 0.938. The summed E-state index contributed by atoms with van der Waals surface area (Å²) in [7, 11) is 1.59. The van der Waals surface area contributed by atoms with Crippen LogP contribution in [-0.4, -0.2) is 19.7 Å². The predicted molar refractivity (Wildman–Crippen MR) is 50.5 cm³/mol. The highest BCUT2D eigenvalue weighted by molar-refractivity contribution is 5.93. The Morgan fingerprint density at radius 3 is 3.00 bits per heavy atom. The molecule has 0 aliphatic carbocycles. The molecule has 1 aromatic carbocycles. The Morgan fingerprint density at radius 2 is 2.38 bits per heavy atom. The summed E-state index contributed by atoms with van der Waals surface area (Å²) in [4.78, 5) is 10.8. The monoisotopic (exact) mass is 180 g/mol. The minimum Gasteiger partial charge on any atom is -0.366 e. The Labute approximate surface area is 76.7 Å². The lowest BCUT2D eigenvalue weighted by Gasteiger charge is -2.05. The molecule has 3 N–H and O–H groups in total. The lowest BCUT2D eigenvalue weighted by atomic mass is 10.2. The van der Waals surface area contributed by atoms with Gasteiger partial charge in [0.1, 0.15) is 6.73 Å². The van der Waals surface area contributed by atoms with Gasteiger partial charge in [0, 0.05) is 18.4 Å². The summed E-state index contributed by atoms with van der Waals surface area (Å²) < 4.78 is 4.82. The lowest BCUT2D eigenvalue weighted by Crippen LogP contribution is -2.11. The number of benzene rings is 1. The molecule has 4 heteroatoms. The Balaban J connectivity index is 2.73. The molecule has 70 valence electrons. The number of carbonyl (C=O) groups excluding carboxylic acids is 1. The first kappa shape index (κ1) is 9.54. The lowest BCUT2D eigenvalue weighted by molar-refractivity contribution is 0.100. The van der Waals surface area contributed by atoms with Crippen LogP contribution in [0.5, 0.6) is 0 Å². The summed E-state index contributed by atoms with van der Waals surface area (Å²) in [6, 6.07) is 6.95. The van der Waals surface area contributed by atoms with Crippen molar-refractivity contribution in [2.75, 3.05) is 19.2 Å². The van der Waals surface area contributed by atoms with Gasteiger partial charge in [-0.2, -0.15) is 0 Å². The summed E-state index contributed by atoms with van der Waals surface area (Å²) in [6.07, 6.45) is 0. The minimum absolute atomic E-state index is 0.405. The van der Waals surface area contributed by atoms with Crippen LogP contribution < -0.4 is 11.1 Å². The van der Waals surface area contributed by atoms with Gasteiger partial charge in [0.25, 0.3) is 0 Å². The van der Waals surface area contributed by atoms with E-state index in [4.69, 9.17) is 10.5 Å². The van der Waals surface area contributed by atoms with Crippen molar-refractivity contribution in [1.82, 2.24) is 0 Å². The van der Waals surface area contributed by atoms with E-state index in [1.54, 1.807) is 25.3 Å². The quantitative estimate of drug-likeness (QED) is 0.673. The highest BCUT2D eigenvalue weighted by Gasteiger charge is 1.99. The van der Waals surface area contributed by atoms with Crippen LogP contribution in [0.1, 0.15) is 10.4 Å². The van der Waals surface area contributed by atoms with E-state index in [1.165, 1.54) is 0 Å². The Hall–Kier alpha value is -1.55. The van der Waals surface area contributed by atoms with Crippen LogP contribution in [-0.2, 0) is 4.74 Å². The maximum atomic E-state index is 10.8. The molecule has 0 aliphatic heterocycles. The summed E-state index contributed by atoms with van der Waals surface area (Å²) in [5.41, 5.74) is 6.42. The molecule has 0 unspecified atom stereocenters. The SMILES string of the molecule is COCNc1cccc(C(N)=O)c1. The fourth-order valence-electron chi connectivity index (χ4n) is 0.938. The van der Waals surface area contributed by atoms with Crippen molar-refractivity contribution in [3.05, 3.63) is 29.8 Å². The number of rotatable bonds is 4. The minimum atomic E-state index is -0.430. The third kappa shape index (κ3) is 2.76. The topological polar surface area (TPSA) is 64.3 Å². The predicted octanol–water partition coefficient (Wildman–Crippen LogP) is 0.801. The van der Waals surface area contributed by atoms with Gasteiger partial charge in [0.2, 0.25) is 5.91 Å². The van der Waals surface area contributed by atoms with Gasteiger partial charge < -0.3 is 15.8 Å². The van der Waals surface area contributed by atoms with Crippen LogP contribution >= 0.6 is 0 Å². The zero-order valence-electron chi connectivity index (χ0n) is 7.41. The van der Waals surface area contributed by atoms with Crippen molar-refractivity contribution in [3.63, 3.8) is 0 Å². The van der Waals surface area contributed by atoms with Crippen LogP contribution in [0.4, 0.5) is 5.69 Å². The number of primary amides is 1. The van der Waals surface area contributed by atoms with Crippen molar-refractivity contribution in [2.24, 2.45) is 5.73 Å². The maximum absolute atomic E-state index is 10.8. The molecule has 0 spiro atoms. The number of carbonyl (C=O) groups is 1. The molecule has 4 nitrogen and oxygen atoms in total. The van der Waals surface area contributed by atoms with Gasteiger partial charge in [-0.05, 0) is 18.2 Å². The van der Waals surface area contributed by atoms with Crippen molar-refractivity contribution < 1.29 is 9.53 Å². The average Bonchev–Trinajstić information content (AvgIpc) is 2.15. The van der Waals surface area contributed by atoms with Crippen LogP contribution in [0.25, 0.3) is 0 Å². The molecule has 0 heterocycles. The first-order valence-corrected chi connectivity index (χ1v) is 3.86. The van der Waals surface area contributed by atoms with Gasteiger partial charge in [0.15, 0.2) is 0 Å². The molecule has 0 fully saturated rings. The first-order valence-electron chi connectivity index (χ1n) is 3.86. The van der Waals surface area contributed by atoms with Gasteiger partial charge in [-0.3, -0.25) is 4.79 Å². The van der Waals surface area contributed by atoms with E-state index >= 15 is 0 Å². The number of nitrogens with two attached hydrogens (primary N) is 1. The molecule has 0 saturated heterocycles. The number of hydrogen-bond acceptors (Lipinski definition) is 3. The molecule has 13 heavy (non-hydrogen) atoms. The number of ether oxygens (including phenoxy) is 1. The van der Waals surface area contributed by atoms with E-state index in [0.29, 0.717) is 12.3 Å². The van der Waals surface area contributed by atoms with Crippen LogP contribution in [0.15, 0.2) is 24.3 Å². The summed E-state index contributed by atoms with van der Waals surface area (Å²) in [6.45, 7) is 0.405. The normalized spacial score (nSPS) is 9.62. The van der Waals surface area contributed by atoms with Crippen molar-refractivity contribution >= 4 is 11.6 Å². The standard InChI is InChI=1S/C9H12N2O2/c1-13-6-11-8-4-2-3-7(5-8)9(10)12/h2-5,11H,6H2,1H3,(H2,10,12). The summed E-state index contributed by atoms with van der Waals surface area (Å²) in [5.74, 6) is -0.430. The number of anilines is 1. The molecule has 0 atom stereocenters. The molecule has 0 radical (unpaired) electrons. The van der Waals surface area contributed by atoms with Gasteiger partial charge in [0.05, 0.1) is 0 Å². The molecule has 0 aliphatic rings. The van der Waals surface area contributed by atoms with Crippen molar-refractivity contribution in [3.8, 4) is 0 Å². The second kappa shape index (κ2) is 4.47. The van der Waals surface area contributed by atoms with Crippen molar-refractivity contribution in [2.45, 2.75) is 0 Å². The molecular formula is C9H12N2O2. The molecule has 0 saturated carbocycles. The van der Waals surface area contributed by atoms with Gasteiger partial charge in [-0.25, -0.2) is 0 Å². The number of methoxy groups -OCH3 is 1. The second-order valence-electron chi connectivity index (χ2n) is 2.55. The second-order valence-corrected chi connectivity index (χ2v) is 2.55. The van der Waals surface area contributed by atoms with Gasteiger partial charge in [-0.1, -0.05) is 6.07 Å². The van der Waals surface area contributed by atoms with E-state index in [9.17, 15) is 4.79 Å². The largest absolute Gasteiger partial charge is 0.366 e. The number of hydrogen-bond donors (Lipinski definition) is 2. The van der Waals surface area contributed by atoms with Crippen LogP contribution in [0, 0.1) is 0 Å². The third-order valence-electron chi connectivity index (χ3n) is 1.57. The van der Waals surface area contributed by atoms with Gasteiger partial charge >= 0.3 is 0 Å². The maximum Gasteiger partial charge on any atom is 0.248 e. The summed E-state index contributed by atoms with van der Waals surface area (Å²) in [5, 5.41) is 2.96. The van der Waals surface area contributed by atoms with E-state index in [2.05, 4.69) is 5.32 Å². The molecular weight excluding hydrogens is 168 g/mol. The highest BCUT2D eigenvalue weighted by Crippen LogP contribution is 2.09. The van der Waals surface area contributed by atoms with Gasteiger partial charge in [-0.15, -0.1) is 0 Å². The zero-order chi connectivity index (χ0) is 9.68. The van der Waals surface area contributed by atoms with Crippen molar-refractivity contribution in [1.29, 1.82) is 0 Å². The summed E-state index contributed by atoms with van der Waals surface area (Å²) >= 11 is 0.